The van der Waals surface area contributed by atoms with Crippen molar-refractivity contribution in [3.8, 4) is 11.1 Å². The number of aryl methyl sites for hydroxylation is 1. The van der Waals surface area contributed by atoms with Crippen molar-refractivity contribution in [1.82, 2.24) is 19.9 Å². The van der Waals surface area contributed by atoms with Gasteiger partial charge in [-0.2, -0.15) is 13.2 Å². The first kappa shape index (κ1) is 20.6. The summed E-state index contributed by atoms with van der Waals surface area (Å²) in [6.45, 7) is 1.84. The van der Waals surface area contributed by atoms with E-state index in [1.54, 1.807) is 12.3 Å². The van der Waals surface area contributed by atoms with Crippen LogP contribution in [0, 0.1) is 6.92 Å². The van der Waals surface area contributed by atoms with Gasteiger partial charge in [0.05, 0.1) is 17.4 Å². The third-order valence-corrected chi connectivity index (χ3v) is 5.38. The van der Waals surface area contributed by atoms with Gasteiger partial charge in [0.15, 0.2) is 0 Å². The number of aromatic nitrogens is 4. The number of pyridine rings is 1. The summed E-state index contributed by atoms with van der Waals surface area (Å²) in [7, 11) is 0. The summed E-state index contributed by atoms with van der Waals surface area (Å²) >= 11 is 0. The van der Waals surface area contributed by atoms with Gasteiger partial charge in [-0.3, -0.25) is 9.78 Å². The largest absolute Gasteiger partial charge is 0.416 e. The quantitative estimate of drug-likeness (QED) is 0.369. The molecule has 164 valence electrons. The van der Waals surface area contributed by atoms with E-state index < -0.39 is 17.6 Å². The zero-order valence-corrected chi connectivity index (χ0v) is 17.2. The Labute approximate surface area is 185 Å². The van der Waals surface area contributed by atoms with E-state index in [2.05, 4.69) is 25.3 Å². The van der Waals surface area contributed by atoms with Crippen molar-refractivity contribution in [2.45, 2.75) is 13.1 Å². The monoisotopic (exact) mass is 447 g/mol. The molecule has 0 bridgehead atoms. The number of alkyl halides is 3. The Morgan fingerprint density at radius 3 is 2.67 bits per heavy atom. The second kappa shape index (κ2) is 7.70. The Balaban J connectivity index is 1.47. The van der Waals surface area contributed by atoms with Crippen molar-refractivity contribution in [2.24, 2.45) is 0 Å². The number of benzene rings is 2. The summed E-state index contributed by atoms with van der Waals surface area (Å²) in [5, 5.41) is 4.53. The molecule has 0 aliphatic heterocycles. The summed E-state index contributed by atoms with van der Waals surface area (Å²) in [6.07, 6.45) is 0.171. The number of hydrogen-bond donors (Lipinski definition) is 2. The number of hydrogen-bond acceptors (Lipinski definition) is 4. The Morgan fingerprint density at radius 2 is 1.85 bits per heavy atom. The first-order valence-electron chi connectivity index (χ1n) is 9.97. The second-order valence-corrected chi connectivity index (χ2v) is 7.56. The summed E-state index contributed by atoms with van der Waals surface area (Å²) in [5.74, 6) is -0.651. The highest BCUT2D eigenvalue weighted by molar-refractivity contribution is 6.07. The molecule has 3 heterocycles. The number of amides is 1. The molecule has 9 heteroatoms. The molecule has 5 aromatic rings. The third kappa shape index (κ3) is 3.89. The van der Waals surface area contributed by atoms with Crippen molar-refractivity contribution in [3.05, 3.63) is 84.1 Å². The molecular weight excluding hydrogens is 431 g/mol. The number of rotatable bonds is 3. The number of aromatic amines is 1. The molecule has 0 atom stereocenters. The zero-order chi connectivity index (χ0) is 23.2. The van der Waals surface area contributed by atoms with Gasteiger partial charge >= 0.3 is 6.18 Å². The molecule has 0 aliphatic rings. The topological polar surface area (TPSA) is 83.6 Å². The molecule has 0 aliphatic carbocycles. The highest BCUT2D eigenvalue weighted by atomic mass is 19.4. The van der Waals surface area contributed by atoms with E-state index in [1.807, 2.05) is 25.1 Å². The molecule has 0 unspecified atom stereocenters. The number of carbonyl (C=O) groups is 1. The fourth-order valence-corrected chi connectivity index (χ4v) is 3.74. The minimum Gasteiger partial charge on any atom is -0.339 e. The number of anilines is 1. The highest BCUT2D eigenvalue weighted by Crippen LogP contribution is 2.32. The van der Waals surface area contributed by atoms with Crippen LogP contribution in [0.3, 0.4) is 0 Å². The Kier molecular flexibility index (Phi) is 4.81. The van der Waals surface area contributed by atoms with Gasteiger partial charge in [-0.05, 0) is 42.8 Å². The summed E-state index contributed by atoms with van der Waals surface area (Å²) < 4.78 is 38.9. The van der Waals surface area contributed by atoms with Crippen LogP contribution in [0.4, 0.5) is 18.9 Å². The van der Waals surface area contributed by atoms with Gasteiger partial charge in [-0.1, -0.05) is 18.2 Å². The molecule has 0 saturated carbocycles. The smallest absolute Gasteiger partial charge is 0.339 e. The molecule has 3 aromatic heterocycles. The molecule has 0 saturated heterocycles. The fourth-order valence-electron chi connectivity index (χ4n) is 3.74. The second-order valence-electron chi connectivity index (χ2n) is 7.56. The molecule has 0 fully saturated rings. The minimum absolute atomic E-state index is 0.0902. The van der Waals surface area contributed by atoms with E-state index >= 15 is 0 Å². The molecule has 0 spiro atoms. The highest BCUT2D eigenvalue weighted by Gasteiger charge is 2.30. The van der Waals surface area contributed by atoms with Crippen molar-refractivity contribution in [3.63, 3.8) is 0 Å². The Bertz CT molecular complexity index is 1520. The van der Waals surface area contributed by atoms with E-state index in [4.69, 9.17) is 0 Å². The average molecular weight is 447 g/mol. The maximum absolute atomic E-state index is 13.0. The van der Waals surface area contributed by atoms with Gasteiger partial charge < -0.3 is 10.3 Å². The normalized spacial score (nSPS) is 11.8. The van der Waals surface area contributed by atoms with Crippen molar-refractivity contribution in [1.29, 1.82) is 0 Å². The lowest BCUT2D eigenvalue weighted by molar-refractivity contribution is -0.137. The number of nitrogens with zero attached hydrogens (tertiary/aromatic N) is 3. The first-order chi connectivity index (χ1) is 15.8. The van der Waals surface area contributed by atoms with E-state index in [9.17, 15) is 18.0 Å². The van der Waals surface area contributed by atoms with Crippen molar-refractivity contribution < 1.29 is 18.0 Å². The molecule has 33 heavy (non-hydrogen) atoms. The van der Waals surface area contributed by atoms with Crippen LogP contribution < -0.4 is 5.32 Å². The molecule has 2 aromatic carbocycles. The third-order valence-electron chi connectivity index (χ3n) is 5.38. The molecule has 5 rings (SSSR count). The van der Waals surface area contributed by atoms with E-state index in [-0.39, 0.29) is 5.56 Å². The minimum atomic E-state index is -4.53. The number of carbonyl (C=O) groups excluding carboxylic acids is 1. The van der Waals surface area contributed by atoms with Gasteiger partial charge in [0.25, 0.3) is 5.91 Å². The van der Waals surface area contributed by atoms with Crippen LogP contribution in [0.15, 0.2) is 67.3 Å². The lowest BCUT2D eigenvalue weighted by Crippen LogP contribution is -2.14. The number of H-pyrrole nitrogens is 1. The lowest BCUT2D eigenvalue weighted by atomic mass is 10.0. The van der Waals surface area contributed by atoms with Crippen LogP contribution >= 0.6 is 0 Å². The molecular formula is C24H16F3N5O. The SMILES string of the molecule is Cc1ncc(NC(=O)c2cccc(C(F)(F)F)c2)cc1-c1ccc2c(c1)[nH]c1ncncc12. The standard InChI is InChI=1S/C24H16F3N5O/c1-13-19(14-5-6-18-20-11-28-12-30-22(20)32-21(18)8-14)9-17(10-29-13)31-23(33)15-3-2-4-16(7-15)24(25,26)27/h2-12H,1H3,(H,31,33)(H,28,30,32). The number of halogens is 3. The summed E-state index contributed by atoms with van der Waals surface area (Å²) in [6, 6.07) is 11.9. The van der Waals surface area contributed by atoms with Crippen LogP contribution in [-0.4, -0.2) is 25.8 Å². The molecule has 2 N–H and O–H groups in total. The molecule has 1 amide bonds. The van der Waals surface area contributed by atoms with Gasteiger partial charge in [0.1, 0.15) is 12.0 Å². The lowest BCUT2D eigenvalue weighted by Gasteiger charge is -2.11. The van der Waals surface area contributed by atoms with E-state index in [0.717, 1.165) is 50.9 Å². The van der Waals surface area contributed by atoms with Crippen molar-refractivity contribution in [2.75, 3.05) is 5.32 Å². The van der Waals surface area contributed by atoms with Crippen LogP contribution in [0.25, 0.3) is 33.1 Å². The maximum atomic E-state index is 13.0. The predicted octanol–water partition coefficient (Wildman–Crippen LogP) is 5.75. The van der Waals surface area contributed by atoms with Crippen LogP contribution in [0.5, 0.6) is 0 Å². The fraction of sp³-hybridized carbons (Fsp3) is 0.0833. The number of fused-ring (bicyclic) bond motifs is 3. The van der Waals surface area contributed by atoms with E-state index in [1.165, 1.54) is 24.7 Å². The number of nitrogens with one attached hydrogen (secondary N) is 2. The predicted molar refractivity (Wildman–Crippen MR) is 119 cm³/mol. The van der Waals surface area contributed by atoms with E-state index in [0.29, 0.717) is 5.69 Å². The van der Waals surface area contributed by atoms with Crippen LogP contribution in [0.2, 0.25) is 0 Å². The Morgan fingerprint density at radius 1 is 1.00 bits per heavy atom. The van der Waals surface area contributed by atoms with Gasteiger partial charge in [-0.15, -0.1) is 0 Å². The Hall–Kier alpha value is -4.27. The van der Waals surface area contributed by atoms with Crippen molar-refractivity contribution >= 4 is 33.5 Å². The summed E-state index contributed by atoms with van der Waals surface area (Å²) in [4.78, 5) is 28.5. The molecule has 0 radical (unpaired) electrons. The van der Waals surface area contributed by atoms with Crippen LogP contribution in [-0.2, 0) is 6.18 Å². The summed E-state index contributed by atoms with van der Waals surface area (Å²) in [5.41, 5.74) is 3.39. The maximum Gasteiger partial charge on any atom is 0.416 e. The molecule has 6 nitrogen and oxygen atoms in total. The van der Waals surface area contributed by atoms with Gasteiger partial charge in [0.2, 0.25) is 0 Å². The average Bonchev–Trinajstić information content (AvgIpc) is 3.17. The first-order valence-corrected chi connectivity index (χ1v) is 9.97. The van der Waals surface area contributed by atoms with Crippen LogP contribution in [0.1, 0.15) is 21.6 Å². The zero-order valence-electron chi connectivity index (χ0n) is 17.2. The van der Waals surface area contributed by atoms with Gasteiger partial charge in [0, 0.05) is 39.3 Å². The van der Waals surface area contributed by atoms with Gasteiger partial charge in [-0.25, -0.2) is 9.97 Å².